The number of benzene rings is 1. The van der Waals surface area contributed by atoms with Crippen molar-refractivity contribution in [3.63, 3.8) is 0 Å². The van der Waals surface area contributed by atoms with Crippen LogP contribution in [0.5, 0.6) is 0 Å². The molecule has 1 aromatic carbocycles. The standard InChI is InChI=1S/C15H18N2O4/c18-14(13-8-16-5-6-21-13)17-9-11-4-2-1-3-10(11)7-12(17)15(19)20/h1-4,12-13,16H,5-9H2,(H,19,20). The van der Waals surface area contributed by atoms with Gasteiger partial charge in [0.05, 0.1) is 6.61 Å². The van der Waals surface area contributed by atoms with E-state index >= 15 is 0 Å². The van der Waals surface area contributed by atoms with E-state index in [0.717, 1.165) is 17.7 Å². The van der Waals surface area contributed by atoms with E-state index in [1.165, 1.54) is 4.90 Å². The van der Waals surface area contributed by atoms with Gasteiger partial charge in [-0.25, -0.2) is 4.79 Å². The minimum Gasteiger partial charge on any atom is -0.480 e. The number of rotatable bonds is 2. The average Bonchev–Trinajstić information content (AvgIpc) is 2.53. The molecule has 6 nitrogen and oxygen atoms in total. The number of nitrogens with zero attached hydrogens (tertiary/aromatic N) is 1. The van der Waals surface area contributed by atoms with E-state index in [9.17, 15) is 14.7 Å². The number of carboxylic acid groups (broad SMARTS) is 1. The molecule has 21 heavy (non-hydrogen) atoms. The summed E-state index contributed by atoms with van der Waals surface area (Å²) < 4.78 is 5.46. The number of ether oxygens (including phenoxy) is 1. The number of carbonyl (C=O) groups excluding carboxylic acids is 1. The maximum absolute atomic E-state index is 12.6. The Balaban J connectivity index is 1.85. The molecule has 2 heterocycles. The van der Waals surface area contributed by atoms with Crippen molar-refractivity contribution in [2.24, 2.45) is 0 Å². The van der Waals surface area contributed by atoms with Gasteiger partial charge in [0.2, 0.25) is 0 Å². The normalized spacial score (nSPS) is 25.2. The molecular weight excluding hydrogens is 272 g/mol. The Labute approximate surface area is 122 Å². The zero-order chi connectivity index (χ0) is 14.8. The van der Waals surface area contributed by atoms with Gasteiger partial charge in [-0.3, -0.25) is 4.79 Å². The van der Waals surface area contributed by atoms with Crippen molar-refractivity contribution in [1.29, 1.82) is 0 Å². The van der Waals surface area contributed by atoms with Gasteiger partial charge < -0.3 is 20.1 Å². The maximum atomic E-state index is 12.6. The Bertz CT molecular complexity index is 554. The van der Waals surface area contributed by atoms with Crippen LogP contribution < -0.4 is 5.32 Å². The van der Waals surface area contributed by atoms with Gasteiger partial charge in [-0.15, -0.1) is 0 Å². The molecule has 0 bridgehead atoms. The zero-order valence-corrected chi connectivity index (χ0v) is 11.6. The molecule has 2 aliphatic heterocycles. The molecule has 0 spiro atoms. The van der Waals surface area contributed by atoms with Crippen LogP contribution in [0.2, 0.25) is 0 Å². The molecule has 6 heteroatoms. The van der Waals surface area contributed by atoms with Crippen LogP contribution in [0, 0.1) is 0 Å². The fourth-order valence-electron chi connectivity index (χ4n) is 2.88. The van der Waals surface area contributed by atoms with Gasteiger partial charge in [-0.1, -0.05) is 24.3 Å². The summed E-state index contributed by atoms with van der Waals surface area (Å²) in [5.74, 6) is -1.22. The summed E-state index contributed by atoms with van der Waals surface area (Å²) in [6.07, 6.45) is -0.247. The van der Waals surface area contributed by atoms with Gasteiger partial charge in [-0.2, -0.15) is 0 Å². The number of morpholine rings is 1. The van der Waals surface area contributed by atoms with Crippen LogP contribution in [-0.4, -0.2) is 53.7 Å². The van der Waals surface area contributed by atoms with E-state index in [2.05, 4.69) is 5.32 Å². The highest BCUT2D eigenvalue weighted by atomic mass is 16.5. The number of amides is 1. The van der Waals surface area contributed by atoms with Crippen LogP contribution >= 0.6 is 0 Å². The first-order valence-electron chi connectivity index (χ1n) is 7.09. The highest BCUT2D eigenvalue weighted by molar-refractivity contribution is 5.87. The van der Waals surface area contributed by atoms with Crippen LogP contribution in [0.4, 0.5) is 0 Å². The molecule has 0 aliphatic carbocycles. The first-order valence-corrected chi connectivity index (χ1v) is 7.09. The van der Waals surface area contributed by atoms with E-state index in [4.69, 9.17) is 4.74 Å². The Morgan fingerprint density at radius 3 is 2.71 bits per heavy atom. The van der Waals surface area contributed by atoms with E-state index in [-0.39, 0.29) is 5.91 Å². The second kappa shape index (κ2) is 5.83. The summed E-state index contributed by atoms with van der Waals surface area (Å²) in [6, 6.07) is 6.84. The van der Waals surface area contributed by atoms with Crippen LogP contribution in [-0.2, 0) is 27.3 Å². The van der Waals surface area contributed by atoms with Crippen LogP contribution in [0.1, 0.15) is 11.1 Å². The number of fused-ring (bicyclic) bond motifs is 1. The monoisotopic (exact) mass is 290 g/mol. The van der Waals surface area contributed by atoms with Crippen molar-refractivity contribution in [3.8, 4) is 0 Å². The van der Waals surface area contributed by atoms with Crippen LogP contribution in [0.25, 0.3) is 0 Å². The van der Waals surface area contributed by atoms with Crippen molar-refractivity contribution >= 4 is 11.9 Å². The summed E-state index contributed by atoms with van der Waals surface area (Å²) in [5.41, 5.74) is 2.00. The van der Waals surface area contributed by atoms with Crippen molar-refractivity contribution < 1.29 is 19.4 Å². The Hall–Kier alpha value is -1.92. The molecule has 112 valence electrons. The highest BCUT2D eigenvalue weighted by Gasteiger charge is 2.38. The quantitative estimate of drug-likeness (QED) is 0.802. The maximum Gasteiger partial charge on any atom is 0.326 e. The topological polar surface area (TPSA) is 78.9 Å². The second-order valence-electron chi connectivity index (χ2n) is 5.36. The lowest BCUT2D eigenvalue weighted by Gasteiger charge is -2.37. The molecule has 2 aliphatic rings. The predicted molar refractivity (Wildman–Crippen MR) is 74.7 cm³/mol. The summed E-state index contributed by atoms with van der Waals surface area (Å²) in [7, 11) is 0. The fourth-order valence-corrected chi connectivity index (χ4v) is 2.88. The molecule has 2 N–H and O–H groups in total. The average molecular weight is 290 g/mol. The molecular formula is C15H18N2O4. The largest absolute Gasteiger partial charge is 0.480 e. The smallest absolute Gasteiger partial charge is 0.326 e. The molecule has 1 saturated heterocycles. The number of aliphatic carboxylic acids is 1. The lowest BCUT2D eigenvalue weighted by atomic mass is 9.93. The van der Waals surface area contributed by atoms with Crippen molar-refractivity contribution in [3.05, 3.63) is 35.4 Å². The number of hydrogen-bond acceptors (Lipinski definition) is 4. The SMILES string of the molecule is O=C(O)C1Cc2ccccc2CN1C(=O)C1CNCCO1. The second-order valence-corrected chi connectivity index (χ2v) is 5.36. The minimum atomic E-state index is -0.971. The summed E-state index contributed by atoms with van der Waals surface area (Å²) >= 11 is 0. The molecule has 1 fully saturated rings. The Kier molecular flexibility index (Phi) is 3.90. The van der Waals surface area contributed by atoms with Gasteiger partial charge in [-0.05, 0) is 11.1 Å². The van der Waals surface area contributed by atoms with Crippen molar-refractivity contribution in [2.45, 2.75) is 25.1 Å². The van der Waals surface area contributed by atoms with Crippen LogP contribution in [0.15, 0.2) is 24.3 Å². The van der Waals surface area contributed by atoms with Crippen molar-refractivity contribution in [1.82, 2.24) is 10.2 Å². The van der Waals surface area contributed by atoms with Crippen molar-refractivity contribution in [2.75, 3.05) is 19.7 Å². The Morgan fingerprint density at radius 1 is 1.29 bits per heavy atom. The predicted octanol–water partition coefficient (Wildman–Crippen LogP) is 0.0129. The van der Waals surface area contributed by atoms with E-state index in [1.807, 2.05) is 24.3 Å². The van der Waals surface area contributed by atoms with Gasteiger partial charge in [0.15, 0.2) is 0 Å². The lowest BCUT2D eigenvalue weighted by Crippen LogP contribution is -2.55. The van der Waals surface area contributed by atoms with E-state index in [1.54, 1.807) is 0 Å². The molecule has 2 unspecified atom stereocenters. The summed E-state index contributed by atoms with van der Waals surface area (Å²) in [5, 5.41) is 12.5. The molecule has 0 radical (unpaired) electrons. The third kappa shape index (κ3) is 2.77. The molecule has 1 amide bonds. The first-order chi connectivity index (χ1) is 10.2. The Morgan fingerprint density at radius 2 is 2.05 bits per heavy atom. The summed E-state index contributed by atoms with van der Waals surface area (Å²) in [4.78, 5) is 25.5. The molecule has 0 saturated carbocycles. The third-order valence-electron chi connectivity index (χ3n) is 4.02. The fraction of sp³-hybridized carbons (Fsp3) is 0.467. The molecule has 2 atom stereocenters. The third-order valence-corrected chi connectivity index (χ3v) is 4.02. The molecule has 3 rings (SSSR count). The van der Waals surface area contributed by atoms with E-state index in [0.29, 0.717) is 26.1 Å². The van der Waals surface area contributed by atoms with Crippen LogP contribution in [0.3, 0.4) is 0 Å². The van der Waals surface area contributed by atoms with Gasteiger partial charge >= 0.3 is 5.97 Å². The van der Waals surface area contributed by atoms with E-state index < -0.39 is 18.1 Å². The molecule has 1 aromatic rings. The number of nitrogens with one attached hydrogen (secondary N) is 1. The van der Waals surface area contributed by atoms with Gasteiger partial charge in [0.25, 0.3) is 5.91 Å². The van der Waals surface area contributed by atoms with Gasteiger partial charge in [0, 0.05) is 26.1 Å². The first kappa shape index (κ1) is 14.0. The molecule has 0 aromatic heterocycles. The summed E-state index contributed by atoms with van der Waals surface area (Å²) in [6.45, 7) is 1.95. The number of carbonyl (C=O) groups is 2. The lowest BCUT2D eigenvalue weighted by molar-refractivity contribution is -0.158. The minimum absolute atomic E-state index is 0.246. The van der Waals surface area contributed by atoms with Gasteiger partial charge in [0.1, 0.15) is 12.1 Å². The number of carboxylic acids is 1. The highest BCUT2D eigenvalue weighted by Crippen LogP contribution is 2.24. The number of hydrogen-bond donors (Lipinski definition) is 2. The zero-order valence-electron chi connectivity index (χ0n) is 11.6.